The minimum atomic E-state index is -4.83. The second-order valence-electron chi connectivity index (χ2n) is 6.64. The predicted octanol–water partition coefficient (Wildman–Crippen LogP) is 4.47. The molecule has 1 aliphatic rings. The Balaban J connectivity index is 1.78. The molecule has 9 heteroatoms. The zero-order valence-electron chi connectivity index (χ0n) is 15.5. The highest BCUT2D eigenvalue weighted by Gasteiger charge is 2.26. The molecule has 1 N–H and O–H groups in total. The lowest BCUT2D eigenvalue weighted by atomic mass is 9.93. The quantitative estimate of drug-likeness (QED) is 0.674. The third-order valence-electron chi connectivity index (χ3n) is 4.52. The van der Waals surface area contributed by atoms with Gasteiger partial charge in [0.2, 0.25) is 0 Å². The first-order valence-electron chi connectivity index (χ1n) is 9.11. The average molecular weight is 428 g/mol. The van der Waals surface area contributed by atoms with Crippen LogP contribution < -0.4 is 9.46 Å². The van der Waals surface area contributed by atoms with Gasteiger partial charge in [-0.05, 0) is 48.2 Å². The van der Waals surface area contributed by atoms with E-state index in [9.17, 15) is 21.6 Å². The number of hydrogen-bond acceptors (Lipinski definition) is 4. The van der Waals surface area contributed by atoms with Gasteiger partial charge >= 0.3 is 5.76 Å². The van der Waals surface area contributed by atoms with Gasteiger partial charge in [0.05, 0.1) is 18.9 Å². The molecule has 0 amide bonds. The molecule has 0 unspecified atom stereocenters. The highest BCUT2D eigenvalue weighted by Crippen LogP contribution is 2.35. The van der Waals surface area contributed by atoms with Gasteiger partial charge in [-0.25, -0.2) is 12.8 Å². The molecule has 1 fully saturated rings. The molecule has 2 aromatic carbocycles. The lowest BCUT2D eigenvalue weighted by Crippen LogP contribution is -2.21. The fraction of sp³-hybridized carbons (Fsp3) is 0.350. The van der Waals surface area contributed by atoms with E-state index in [1.54, 1.807) is 30.9 Å². The van der Waals surface area contributed by atoms with Gasteiger partial charge in [0.25, 0.3) is 10.0 Å². The molecule has 5 nitrogen and oxygen atoms in total. The minimum absolute atomic E-state index is 0.00366. The normalized spacial score (nSPS) is 17.3. The SMILES string of the molecule is O=S(=O)(Nc1ccc([C@H]2[CH]OCCC2)cc1OCCc1ccc(F)cc1)C(F)F. The number of halogens is 3. The smallest absolute Gasteiger partial charge is 0.355 e. The van der Waals surface area contributed by atoms with Crippen molar-refractivity contribution in [3.05, 3.63) is 66.0 Å². The molecular formula is C20H21F3NO4S. The van der Waals surface area contributed by atoms with Crippen LogP contribution in [0.4, 0.5) is 18.9 Å². The van der Waals surface area contributed by atoms with Crippen molar-refractivity contribution in [1.29, 1.82) is 0 Å². The zero-order valence-corrected chi connectivity index (χ0v) is 16.3. The standard InChI is InChI=1S/C20H21F3NO4S/c21-17-6-3-14(4-7-17)9-11-28-19-12-15(16-2-1-10-27-13-16)5-8-18(19)24-29(25,26)20(22)23/h3-8,12-13,16,20,24H,1-2,9-11H2/t16-/m1/s1. The molecule has 1 radical (unpaired) electrons. The Kier molecular flexibility index (Phi) is 7.02. The highest BCUT2D eigenvalue weighted by atomic mass is 32.2. The van der Waals surface area contributed by atoms with Gasteiger partial charge < -0.3 is 9.47 Å². The predicted molar refractivity (Wildman–Crippen MR) is 103 cm³/mol. The van der Waals surface area contributed by atoms with Gasteiger partial charge in [-0.3, -0.25) is 4.72 Å². The first-order chi connectivity index (χ1) is 13.8. The monoisotopic (exact) mass is 428 g/mol. The lowest BCUT2D eigenvalue weighted by molar-refractivity contribution is 0.140. The summed E-state index contributed by atoms with van der Waals surface area (Å²) in [6, 6.07) is 10.6. The van der Waals surface area contributed by atoms with E-state index < -0.39 is 15.8 Å². The number of alkyl halides is 2. The Morgan fingerprint density at radius 3 is 2.59 bits per heavy atom. The van der Waals surface area contributed by atoms with Crippen LogP contribution in [0.15, 0.2) is 42.5 Å². The molecule has 1 aliphatic heterocycles. The summed E-state index contributed by atoms with van der Waals surface area (Å²) in [5.74, 6) is -3.76. The minimum Gasteiger partial charge on any atom is -0.491 e. The number of sulfonamides is 1. The van der Waals surface area contributed by atoms with Crippen molar-refractivity contribution in [3.63, 3.8) is 0 Å². The third kappa shape index (κ3) is 5.86. The van der Waals surface area contributed by atoms with Crippen molar-refractivity contribution in [2.24, 2.45) is 0 Å². The molecule has 1 heterocycles. The van der Waals surface area contributed by atoms with Crippen LogP contribution in [0.5, 0.6) is 5.75 Å². The lowest BCUT2D eigenvalue weighted by Gasteiger charge is -2.23. The van der Waals surface area contributed by atoms with Crippen LogP contribution in [-0.2, 0) is 21.2 Å². The number of anilines is 1. The van der Waals surface area contributed by atoms with Crippen LogP contribution in [-0.4, -0.2) is 27.4 Å². The van der Waals surface area contributed by atoms with Crippen molar-refractivity contribution >= 4 is 15.7 Å². The van der Waals surface area contributed by atoms with Crippen LogP contribution >= 0.6 is 0 Å². The number of nitrogens with one attached hydrogen (secondary N) is 1. The topological polar surface area (TPSA) is 64.6 Å². The van der Waals surface area contributed by atoms with Gasteiger partial charge in [-0.15, -0.1) is 0 Å². The summed E-state index contributed by atoms with van der Waals surface area (Å²) in [6.45, 7) is 2.51. The second-order valence-corrected chi connectivity index (χ2v) is 8.29. The third-order valence-corrected chi connectivity index (χ3v) is 5.49. The van der Waals surface area contributed by atoms with Crippen molar-refractivity contribution in [1.82, 2.24) is 0 Å². The summed E-state index contributed by atoms with van der Waals surface area (Å²) in [4.78, 5) is 0. The Hall–Kier alpha value is -2.26. The average Bonchev–Trinajstić information content (AvgIpc) is 2.71. The number of ether oxygens (including phenoxy) is 2. The van der Waals surface area contributed by atoms with Gasteiger partial charge in [0, 0.05) is 18.9 Å². The zero-order chi connectivity index (χ0) is 20.9. The van der Waals surface area contributed by atoms with Crippen molar-refractivity contribution < 1.29 is 31.1 Å². The molecule has 2 aromatic rings. The van der Waals surface area contributed by atoms with E-state index in [-0.39, 0.29) is 29.8 Å². The van der Waals surface area contributed by atoms with Gasteiger partial charge in [0.15, 0.2) is 0 Å². The summed E-state index contributed by atoms with van der Waals surface area (Å²) in [5.41, 5.74) is 1.60. The molecule has 0 bridgehead atoms. The van der Waals surface area contributed by atoms with Crippen molar-refractivity contribution in [2.75, 3.05) is 17.9 Å². The van der Waals surface area contributed by atoms with E-state index in [4.69, 9.17) is 9.47 Å². The summed E-state index contributed by atoms with van der Waals surface area (Å²) < 4.78 is 74.6. The Labute approximate surface area is 167 Å². The maximum Gasteiger partial charge on any atom is 0.355 e. The van der Waals surface area contributed by atoms with Gasteiger partial charge in [0.1, 0.15) is 11.6 Å². The van der Waals surface area contributed by atoms with Crippen LogP contribution in [0.2, 0.25) is 0 Å². The van der Waals surface area contributed by atoms with Crippen LogP contribution in [0, 0.1) is 12.4 Å². The van der Waals surface area contributed by atoms with Crippen LogP contribution in [0.3, 0.4) is 0 Å². The van der Waals surface area contributed by atoms with E-state index >= 15 is 0 Å². The largest absolute Gasteiger partial charge is 0.491 e. The van der Waals surface area contributed by atoms with E-state index in [0.29, 0.717) is 13.0 Å². The summed E-state index contributed by atoms with van der Waals surface area (Å²) >= 11 is 0. The Bertz CT molecular complexity index is 914. The fourth-order valence-electron chi connectivity index (χ4n) is 2.99. The Morgan fingerprint density at radius 2 is 1.93 bits per heavy atom. The Morgan fingerprint density at radius 1 is 1.17 bits per heavy atom. The summed E-state index contributed by atoms with van der Waals surface area (Å²) in [6.07, 6.45) is 2.17. The maximum absolute atomic E-state index is 13.0. The molecular weight excluding hydrogens is 407 g/mol. The van der Waals surface area contributed by atoms with Gasteiger partial charge in [-0.2, -0.15) is 8.78 Å². The van der Waals surface area contributed by atoms with Crippen molar-refractivity contribution in [2.45, 2.75) is 30.9 Å². The van der Waals surface area contributed by atoms with E-state index in [0.717, 1.165) is 24.0 Å². The fourth-order valence-corrected chi connectivity index (χ4v) is 3.55. The molecule has 0 saturated carbocycles. The van der Waals surface area contributed by atoms with Crippen molar-refractivity contribution in [3.8, 4) is 5.75 Å². The molecule has 157 valence electrons. The maximum atomic E-state index is 13.0. The number of rotatable bonds is 8. The van der Waals surface area contributed by atoms with Gasteiger partial charge in [-0.1, -0.05) is 18.2 Å². The van der Waals surface area contributed by atoms with E-state index in [1.165, 1.54) is 18.2 Å². The van der Waals surface area contributed by atoms with Crippen LogP contribution in [0.25, 0.3) is 0 Å². The molecule has 0 spiro atoms. The summed E-state index contributed by atoms with van der Waals surface area (Å²) in [7, 11) is -4.83. The van der Waals surface area contributed by atoms with Crippen LogP contribution in [0.1, 0.15) is 29.9 Å². The second kappa shape index (κ2) is 9.49. The number of hydrogen-bond donors (Lipinski definition) is 1. The first kappa shape index (κ1) is 21.4. The molecule has 29 heavy (non-hydrogen) atoms. The van der Waals surface area contributed by atoms with E-state index in [1.807, 2.05) is 4.72 Å². The first-order valence-corrected chi connectivity index (χ1v) is 10.7. The molecule has 3 rings (SSSR count). The highest BCUT2D eigenvalue weighted by molar-refractivity contribution is 7.93. The molecule has 0 aliphatic carbocycles. The van der Waals surface area contributed by atoms with E-state index in [2.05, 4.69) is 0 Å². The number of benzene rings is 2. The molecule has 0 aromatic heterocycles. The molecule has 1 atom stereocenters. The molecule has 1 saturated heterocycles. The summed E-state index contributed by atoms with van der Waals surface area (Å²) in [5, 5.41) is 0.